The maximum absolute atomic E-state index is 12.3. The highest BCUT2D eigenvalue weighted by atomic mass is 16.5. The van der Waals surface area contributed by atoms with Crippen molar-refractivity contribution >= 4 is 17.7 Å². The molecule has 2 aromatic heterocycles. The number of amides is 1. The summed E-state index contributed by atoms with van der Waals surface area (Å²) in [7, 11) is 1.27. The maximum atomic E-state index is 12.3. The van der Waals surface area contributed by atoms with Gasteiger partial charge in [0.2, 0.25) is 0 Å². The van der Waals surface area contributed by atoms with Crippen LogP contribution in [0.15, 0.2) is 24.5 Å². The van der Waals surface area contributed by atoms with Gasteiger partial charge in [-0.2, -0.15) is 9.78 Å². The van der Waals surface area contributed by atoms with Crippen molar-refractivity contribution in [3.63, 3.8) is 0 Å². The van der Waals surface area contributed by atoms with E-state index in [0.29, 0.717) is 22.6 Å². The van der Waals surface area contributed by atoms with E-state index in [9.17, 15) is 9.59 Å². The quantitative estimate of drug-likeness (QED) is 0.860. The van der Waals surface area contributed by atoms with Gasteiger partial charge in [-0.25, -0.2) is 4.79 Å². The lowest BCUT2D eigenvalue weighted by atomic mass is 10.2. The highest BCUT2D eigenvalue weighted by Gasteiger charge is 2.14. The first-order valence-corrected chi connectivity index (χ1v) is 6.14. The SMILES string of the molecule is COC(=O)NCc1cc(C(=O)n2ncc(N)c2C)ccn1. The van der Waals surface area contributed by atoms with Gasteiger partial charge in [0, 0.05) is 11.8 Å². The van der Waals surface area contributed by atoms with Crippen molar-refractivity contribution < 1.29 is 14.3 Å². The Hall–Kier alpha value is -2.90. The molecule has 0 aliphatic heterocycles. The minimum atomic E-state index is -0.566. The van der Waals surface area contributed by atoms with E-state index >= 15 is 0 Å². The second-order valence-electron chi connectivity index (χ2n) is 4.28. The van der Waals surface area contributed by atoms with Gasteiger partial charge in [0.1, 0.15) is 0 Å². The Labute approximate surface area is 120 Å². The standard InChI is InChI=1S/C13H15N5O3/c1-8-11(14)7-17-18(8)12(19)9-3-4-15-10(5-9)6-16-13(20)21-2/h3-5,7H,6,14H2,1-2H3,(H,16,20). The van der Waals surface area contributed by atoms with Gasteiger partial charge >= 0.3 is 6.09 Å². The lowest BCUT2D eigenvalue weighted by molar-refractivity contribution is 0.0942. The number of hydrogen-bond donors (Lipinski definition) is 2. The molecule has 2 heterocycles. The van der Waals surface area contributed by atoms with Crippen LogP contribution in [0.1, 0.15) is 21.7 Å². The molecule has 2 aromatic rings. The molecule has 21 heavy (non-hydrogen) atoms. The van der Waals surface area contributed by atoms with E-state index in [-0.39, 0.29) is 12.5 Å². The van der Waals surface area contributed by atoms with Crippen molar-refractivity contribution in [3.8, 4) is 0 Å². The molecule has 0 aliphatic carbocycles. The lowest BCUT2D eigenvalue weighted by Crippen LogP contribution is -2.23. The van der Waals surface area contributed by atoms with Crippen molar-refractivity contribution in [2.75, 3.05) is 12.8 Å². The third kappa shape index (κ3) is 3.16. The van der Waals surface area contributed by atoms with Crippen molar-refractivity contribution in [2.45, 2.75) is 13.5 Å². The van der Waals surface area contributed by atoms with Crippen LogP contribution in [-0.2, 0) is 11.3 Å². The first-order valence-electron chi connectivity index (χ1n) is 6.14. The Balaban J connectivity index is 2.19. The van der Waals surface area contributed by atoms with E-state index in [0.717, 1.165) is 0 Å². The predicted octanol–water partition coefficient (Wildman–Crippen LogP) is 0.713. The van der Waals surface area contributed by atoms with Gasteiger partial charge in [0.15, 0.2) is 0 Å². The molecule has 3 N–H and O–H groups in total. The molecule has 8 nitrogen and oxygen atoms in total. The van der Waals surface area contributed by atoms with Crippen molar-refractivity contribution in [1.82, 2.24) is 20.1 Å². The predicted molar refractivity (Wildman–Crippen MR) is 74.6 cm³/mol. The molecule has 0 bridgehead atoms. The number of carbonyl (C=O) groups is 2. The van der Waals surface area contributed by atoms with Crippen LogP contribution >= 0.6 is 0 Å². The number of alkyl carbamates (subject to hydrolysis) is 1. The zero-order valence-electron chi connectivity index (χ0n) is 11.7. The molecule has 0 unspecified atom stereocenters. The van der Waals surface area contributed by atoms with E-state index in [1.807, 2.05) is 0 Å². The zero-order chi connectivity index (χ0) is 15.4. The molecule has 2 rings (SSSR count). The average Bonchev–Trinajstić information content (AvgIpc) is 2.84. The number of carbonyl (C=O) groups excluding carboxylic acids is 2. The van der Waals surface area contributed by atoms with Crippen molar-refractivity contribution in [3.05, 3.63) is 41.5 Å². The number of nitrogen functional groups attached to an aromatic ring is 1. The summed E-state index contributed by atoms with van der Waals surface area (Å²) in [5, 5.41) is 6.43. The summed E-state index contributed by atoms with van der Waals surface area (Å²) < 4.78 is 5.69. The number of aromatic nitrogens is 3. The van der Waals surface area contributed by atoms with Gasteiger partial charge in [0.25, 0.3) is 5.91 Å². The van der Waals surface area contributed by atoms with Crippen LogP contribution in [0, 0.1) is 6.92 Å². The Morgan fingerprint density at radius 3 is 2.86 bits per heavy atom. The Morgan fingerprint density at radius 1 is 1.48 bits per heavy atom. The van der Waals surface area contributed by atoms with Crippen LogP contribution in [0.25, 0.3) is 0 Å². The zero-order valence-corrected chi connectivity index (χ0v) is 11.7. The molecule has 0 aliphatic rings. The molecule has 0 saturated carbocycles. The number of ether oxygens (including phenoxy) is 1. The number of nitrogens with two attached hydrogens (primary N) is 1. The van der Waals surface area contributed by atoms with Crippen LogP contribution in [0.5, 0.6) is 0 Å². The summed E-state index contributed by atoms with van der Waals surface area (Å²) in [5.41, 5.74) is 7.63. The van der Waals surface area contributed by atoms with E-state index in [1.54, 1.807) is 19.1 Å². The van der Waals surface area contributed by atoms with Gasteiger partial charge in [0.05, 0.1) is 36.9 Å². The summed E-state index contributed by atoms with van der Waals surface area (Å²) in [5.74, 6) is -0.314. The number of nitrogens with one attached hydrogen (secondary N) is 1. The summed E-state index contributed by atoms with van der Waals surface area (Å²) in [4.78, 5) is 27.4. The fraction of sp³-hybridized carbons (Fsp3) is 0.231. The van der Waals surface area contributed by atoms with Gasteiger partial charge in [-0.3, -0.25) is 9.78 Å². The van der Waals surface area contributed by atoms with E-state index < -0.39 is 6.09 Å². The maximum Gasteiger partial charge on any atom is 0.407 e. The molecule has 0 fully saturated rings. The fourth-order valence-corrected chi connectivity index (χ4v) is 1.69. The normalized spacial score (nSPS) is 10.2. The first-order chi connectivity index (χ1) is 10.0. The smallest absolute Gasteiger partial charge is 0.407 e. The number of hydrogen-bond acceptors (Lipinski definition) is 6. The first kappa shape index (κ1) is 14.5. The number of methoxy groups -OCH3 is 1. The summed E-state index contributed by atoms with van der Waals surface area (Å²) in [6, 6.07) is 3.15. The summed E-state index contributed by atoms with van der Waals surface area (Å²) in [6.07, 6.45) is 2.35. The molecule has 0 spiro atoms. The molecular weight excluding hydrogens is 274 g/mol. The highest BCUT2D eigenvalue weighted by molar-refractivity contribution is 5.96. The molecule has 1 amide bonds. The fourth-order valence-electron chi connectivity index (χ4n) is 1.69. The average molecular weight is 289 g/mol. The number of anilines is 1. The van der Waals surface area contributed by atoms with E-state index in [1.165, 1.54) is 24.2 Å². The topological polar surface area (TPSA) is 112 Å². The molecule has 0 aromatic carbocycles. The van der Waals surface area contributed by atoms with Crippen molar-refractivity contribution in [2.24, 2.45) is 0 Å². The highest BCUT2D eigenvalue weighted by Crippen LogP contribution is 2.12. The van der Waals surface area contributed by atoms with Crippen molar-refractivity contribution in [1.29, 1.82) is 0 Å². The third-order valence-corrected chi connectivity index (χ3v) is 2.90. The van der Waals surface area contributed by atoms with Crippen LogP contribution in [-0.4, -0.2) is 33.9 Å². The second-order valence-corrected chi connectivity index (χ2v) is 4.28. The summed E-state index contributed by atoms with van der Waals surface area (Å²) >= 11 is 0. The van der Waals surface area contributed by atoms with Crippen LogP contribution in [0.4, 0.5) is 10.5 Å². The van der Waals surface area contributed by atoms with Gasteiger partial charge in [-0.15, -0.1) is 0 Å². The minimum absolute atomic E-state index is 0.161. The Bertz CT molecular complexity index is 680. The molecule has 0 radical (unpaired) electrons. The van der Waals surface area contributed by atoms with E-state index in [2.05, 4.69) is 20.1 Å². The van der Waals surface area contributed by atoms with E-state index in [4.69, 9.17) is 5.73 Å². The largest absolute Gasteiger partial charge is 0.453 e. The molecular formula is C13H15N5O3. The van der Waals surface area contributed by atoms with Gasteiger partial charge < -0.3 is 15.8 Å². The minimum Gasteiger partial charge on any atom is -0.453 e. The van der Waals surface area contributed by atoms with Crippen LogP contribution < -0.4 is 11.1 Å². The third-order valence-electron chi connectivity index (χ3n) is 2.90. The Kier molecular flexibility index (Phi) is 4.17. The van der Waals surface area contributed by atoms with Gasteiger partial charge in [-0.05, 0) is 19.1 Å². The van der Waals surface area contributed by atoms with Crippen LogP contribution in [0.3, 0.4) is 0 Å². The molecule has 110 valence electrons. The number of pyridine rings is 1. The lowest BCUT2D eigenvalue weighted by Gasteiger charge is -2.06. The molecule has 0 saturated heterocycles. The molecule has 8 heteroatoms. The number of rotatable bonds is 3. The summed E-state index contributed by atoms with van der Waals surface area (Å²) in [6.45, 7) is 1.87. The Morgan fingerprint density at radius 2 is 2.24 bits per heavy atom. The molecule has 0 atom stereocenters. The monoisotopic (exact) mass is 289 g/mol. The second kappa shape index (κ2) is 6.04. The van der Waals surface area contributed by atoms with Gasteiger partial charge in [-0.1, -0.05) is 0 Å². The van der Waals surface area contributed by atoms with Crippen LogP contribution in [0.2, 0.25) is 0 Å². The number of nitrogens with zero attached hydrogens (tertiary/aromatic N) is 3.